The van der Waals surface area contributed by atoms with Crippen molar-refractivity contribution in [3.63, 3.8) is 0 Å². The summed E-state index contributed by atoms with van der Waals surface area (Å²) in [7, 11) is 0. The van der Waals surface area contributed by atoms with Crippen LogP contribution in [0.4, 0.5) is 9.93 Å². The summed E-state index contributed by atoms with van der Waals surface area (Å²) in [6.45, 7) is 5.72. The fraction of sp³-hybridized carbons (Fsp3) is 0.526. The Bertz CT molecular complexity index is 788. The maximum absolute atomic E-state index is 12.8. The molecular weight excluding hydrogens is 362 g/mol. The van der Waals surface area contributed by atoms with Gasteiger partial charge in [-0.05, 0) is 18.9 Å². The fourth-order valence-electron chi connectivity index (χ4n) is 3.53. The van der Waals surface area contributed by atoms with Crippen molar-refractivity contribution in [2.75, 3.05) is 37.7 Å². The summed E-state index contributed by atoms with van der Waals surface area (Å²) < 4.78 is 10.2. The van der Waals surface area contributed by atoms with E-state index in [-0.39, 0.29) is 12.1 Å². The summed E-state index contributed by atoms with van der Waals surface area (Å²) in [6, 6.07) is 8.00. The molecule has 0 saturated carbocycles. The van der Waals surface area contributed by atoms with E-state index in [2.05, 4.69) is 26.5 Å². The Labute approximate surface area is 163 Å². The average Bonchev–Trinajstić information content (AvgIpc) is 3.11. The van der Waals surface area contributed by atoms with Gasteiger partial charge >= 0.3 is 6.03 Å². The average molecular weight is 388 g/mol. The lowest BCUT2D eigenvalue weighted by molar-refractivity contribution is 0.189. The molecule has 1 atom stereocenters. The molecule has 27 heavy (non-hydrogen) atoms. The second-order valence-electron chi connectivity index (χ2n) is 6.85. The molecule has 7 nitrogen and oxygen atoms in total. The third kappa shape index (κ3) is 4.00. The van der Waals surface area contributed by atoms with Crippen LogP contribution in [0.2, 0.25) is 0 Å². The molecule has 0 bridgehead atoms. The van der Waals surface area contributed by atoms with Gasteiger partial charge in [-0.2, -0.15) is 4.37 Å². The molecule has 8 heteroatoms. The van der Waals surface area contributed by atoms with E-state index < -0.39 is 0 Å². The van der Waals surface area contributed by atoms with Gasteiger partial charge in [-0.25, -0.2) is 9.78 Å². The van der Waals surface area contributed by atoms with Gasteiger partial charge in [0.05, 0.1) is 12.6 Å². The first-order chi connectivity index (χ1) is 13.2. The molecule has 2 aliphatic heterocycles. The number of nitrogens with zero attached hydrogens (tertiary/aromatic N) is 4. The number of nitrogens with one attached hydrogen (secondary N) is 1. The zero-order chi connectivity index (χ0) is 18.6. The first-order valence-electron chi connectivity index (χ1n) is 9.59. The van der Waals surface area contributed by atoms with Crippen LogP contribution in [-0.4, -0.2) is 53.1 Å². The van der Waals surface area contributed by atoms with Crippen LogP contribution in [-0.2, 0) is 6.42 Å². The maximum Gasteiger partial charge on any atom is 0.318 e. The van der Waals surface area contributed by atoms with Gasteiger partial charge in [0.1, 0.15) is 11.6 Å². The monoisotopic (exact) mass is 387 g/mol. The van der Waals surface area contributed by atoms with Crippen LogP contribution in [0, 0.1) is 0 Å². The van der Waals surface area contributed by atoms with Crippen LogP contribution < -0.4 is 15.0 Å². The fourth-order valence-corrected chi connectivity index (χ4v) is 4.33. The first kappa shape index (κ1) is 18.0. The Morgan fingerprint density at radius 1 is 1.30 bits per heavy atom. The molecule has 1 N–H and O–H groups in total. The molecule has 2 amide bonds. The second kappa shape index (κ2) is 8.12. The number of ether oxygens (including phenoxy) is 1. The van der Waals surface area contributed by atoms with Gasteiger partial charge in [-0.3, -0.25) is 0 Å². The van der Waals surface area contributed by atoms with Gasteiger partial charge < -0.3 is 19.9 Å². The van der Waals surface area contributed by atoms with Crippen LogP contribution >= 0.6 is 11.5 Å². The highest BCUT2D eigenvalue weighted by Crippen LogP contribution is 2.31. The van der Waals surface area contributed by atoms with Crippen LogP contribution in [0.1, 0.15) is 37.2 Å². The number of amides is 2. The Morgan fingerprint density at radius 2 is 2.11 bits per heavy atom. The molecule has 1 saturated heterocycles. The van der Waals surface area contributed by atoms with Crippen molar-refractivity contribution in [2.24, 2.45) is 0 Å². The van der Waals surface area contributed by atoms with Crippen molar-refractivity contribution in [1.29, 1.82) is 0 Å². The largest absolute Gasteiger partial charge is 0.493 e. The number of carbonyl (C=O) groups is 1. The number of carbonyl (C=O) groups excluding carboxylic acids is 1. The summed E-state index contributed by atoms with van der Waals surface area (Å²) >= 11 is 1.45. The lowest BCUT2D eigenvalue weighted by atomic mass is 10.0. The minimum atomic E-state index is 0.00265. The van der Waals surface area contributed by atoms with Gasteiger partial charge in [0.2, 0.25) is 5.13 Å². The number of hydrogen-bond acceptors (Lipinski definition) is 6. The van der Waals surface area contributed by atoms with E-state index in [1.165, 1.54) is 11.5 Å². The standard InChI is InChI=1S/C19H25N5O2S/c1-2-17-21-19(27-22-17)24-11-9-23(10-12-24)18(25)20-15-7-5-13-26-16-8-4-3-6-14(15)16/h3-4,6,8,15H,2,5,7,9-13H2,1H3,(H,20,25). The van der Waals surface area contributed by atoms with Gasteiger partial charge in [0.15, 0.2) is 0 Å². The van der Waals surface area contributed by atoms with Crippen LogP contribution in [0.3, 0.4) is 0 Å². The predicted molar refractivity (Wildman–Crippen MR) is 106 cm³/mol. The molecule has 1 aromatic heterocycles. The Morgan fingerprint density at radius 3 is 2.89 bits per heavy atom. The molecular formula is C19H25N5O2S. The quantitative estimate of drug-likeness (QED) is 0.877. The highest BCUT2D eigenvalue weighted by atomic mass is 32.1. The number of piperazine rings is 1. The van der Waals surface area contributed by atoms with Gasteiger partial charge in [-0.15, -0.1) is 0 Å². The normalized spacial score (nSPS) is 19.8. The number of aryl methyl sites for hydroxylation is 1. The lowest BCUT2D eigenvalue weighted by Gasteiger charge is -2.35. The van der Waals surface area contributed by atoms with Gasteiger partial charge in [-0.1, -0.05) is 25.1 Å². The molecule has 2 aliphatic rings. The lowest BCUT2D eigenvalue weighted by Crippen LogP contribution is -2.52. The minimum absolute atomic E-state index is 0.00265. The SMILES string of the molecule is CCc1nsc(N2CCN(C(=O)NC3CCCOc4ccccc43)CC2)n1. The number of para-hydroxylation sites is 1. The zero-order valence-corrected chi connectivity index (χ0v) is 16.4. The molecule has 1 unspecified atom stereocenters. The molecule has 0 spiro atoms. The Kier molecular flexibility index (Phi) is 5.42. The van der Waals surface area contributed by atoms with Crippen LogP contribution in [0.15, 0.2) is 24.3 Å². The predicted octanol–water partition coefficient (Wildman–Crippen LogP) is 2.85. The number of rotatable bonds is 3. The molecule has 3 heterocycles. The Balaban J connectivity index is 1.36. The second-order valence-corrected chi connectivity index (χ2v) is 7.58. The van der Waals surface area contributed by atoms with E-state index in [4.69, 9.17) is 4.74 Å². The maximum atomic E-state index is 12.8. The number of fused-ring (bicyclic) bond motifs is 1. The summed E-state index contributed by atoms with van der Waals surface area (Å²) in [4.78, 5) is 21.5. The molecule has 4 rings (SSSR count). The van der Waals surface area contributed by atoms with E-state index in [9.17, 15) is 4.79 Å². The number of hydrogen-bond donors (Lipinski definition) is 1. The van der Waals surface area contributed by atoms with Crippen LogP contribution in [0.25, 0.3) is 0 Å². The van der Waals surface area contributed by atoms with Crippen molar-refractivity contribution in [3.05, 3.63) is 35.7 Å². The van der Waals surface area contributed by atoms with Crippen molar-refractivity contribution < 1.29 is 9.53 Å². The van der Waals surface area contributed by atoms with E-state index >= 15 is 0 Å². The van der Waals surface area contributed by atoms with E-state index in [0.29, 0.717) is 19.7 Å². The van der Waals surface area contributed by atoms with E-state index in [1.807, 2.05) is 29.2 Å². The number of aromatic nitrogens is 2. The van der Waals surface area contributed by atoms with Crippen molar-refractivity contribution >= 4 is 22.7 Å². The highest BCUT2D eigenvalue weighted by Gasteiger charge is 2.27. The zero-order valence-electron chi connectivity index (χ0n) is 15.6. The molecule has 1 aromatic carbocycles. The first-order valence-corrected chi connectivity index (χ1v) is 10.4. The number of urea groups is 1. The van der Waals surface area contributed by atoms with E-state index in [0.717, 1.165) is 54.6 Å². The summed E-state index contributed by atoms with van der Waals surface area (Å²) in [6.07, 6.45) is 2.68. The molecule has 1 fully saturated rings. The van der Waals surface area contributed by atoms with Crippen molar-refractivity contribution in [1.82, 2.24) is 19.6 Å². The Hall–Kier alpha value is -2.35. The van der Waals surface area contributed by atoms with Crippen molar-refractivity contribution in [2.45, 2.75) is 32.2 Å². The summed E-state index contributed by atoms with van der Waals surface area (Å²) in [5, 5.41) is 4.18. The third-order valence-electron chi connectivity index (χ3n) is 5.10. The topological polar surface area (TPSA) is 70.6 Å². The number of anilines is 1. The molecule has 0 radical (unpaired) electrons. The van der Waals surface area contributed by atoms with Gasteiger partial charge in [0, 0.05) is 49.7 Å². The molecule has 144 valence electrons. The van der Waals surface area contributed by atoms with E-state index in [1.54, 1.807) is 0 Å². The summed E-state index contributed by atoms with van der Waals surface area (Å²) in [5.41, 5.74) is 1.07. The van der Waals surface area contributed by atoms with Crippen LogP contribution in [0.5, 0.6) is 5.75 Å². The van der Waals surface area contributed by atoms with Gasteiger partial charge in [0.25, 0.3) is 0 Å². The highest BCUT2D eigenvalue weighted by molar-refractivity contribution is 7.09. The minimum Gasteiger partial charge on any atom is -0.493 e. The smallest absolute Gasteiger partial charge is 0.318 e. The third-order valence-corrected chi connectivity index (χ3v) is 5.91. The molecule has 2 aromatic rings. The van der Waals surface area contributed by atoms with Crippen molar-refractivity contribution in [3.8, 4) is 5.75 Å². The molecule has 0 aliphatic carbocycles. The number of benzene rings is 1. The summed E-state index contributed by atoms with van der Waals surface area (Å²) in [5.74, 6) is 1.78.